The van der Waals surface area contributed by atoms with Crippen molar-refractivity contribution in [3.05, 3.63) is 28.8 Å². The van der Waals surface area contributed by atoms with Crippen molar-refractivity contribution in [1.82, 2.24) is 5.32 Å². The van der Waals surface area contributed by atoms with Crippen molar-refractivity contribution in [3.8, 4) is 5.75 Å². The molecule has 1 aliphatic rings. The van der Waals surface area contributed by atoms with E-state index >= 15 is 0 Å². The van der Waals surface area contributed by atoms with Crippen molar-refractivity contribution in [1.29, 1.82) is 0 Å². The van der Waals surface area contributed by atoms with E-state index in [1.807, 2.05) is 6.07 Å². The number of nitrogens with two attached hydrogens (primary N) is 1. The molecule has 0 radical (unpaired) electrons. The van der Waals surface area contributed by atoms with Crippen LogP contribution in [-0.2, 0) is 0 Å². The van der Waals surface area contributed by atoms with E-state index in [2.05, 4.69) is 25.2 Å². The molecule has 0 spiro atoms. The first kappa shape index (κ1) is 14.4. The molecule has 2 atom stereocenters. The second-order valence-electron chi connectivity index (χ2n) is 5.66. The average molecular weight is 262 g/mol. The SMILES string of the molecule is COc1ccc(C(N)CC2CCCNC2)c(C)c1C. The van der Waals surface area contributed by atoms with E-state index in [4.69, 9.17) is 10.5 Å². The molecule has 0 aliphatic carbocycles. The summed E-state index contributed by atoms with van der Waals surface area (Å²) in [7, 11) is 1.72. The summed E-state index contributed by atoms with van der Waals surface area (Å²) in [5.41, 5.74) is 10.2. The number of piperidine rings is 1. The molecule has 0 aromatic heterocycles. The number of hydrogen-bond acceptors (Lipinski definition) is 3. The van der Waals surface area contributed by atoms with Gasteiger partial charge in [-0.25, -0.2) is 0 Å². The number of rotatable bonds is 4. The lowest BCUT2D eigenvalue weighted by atomic mass is 9.87. The zero-order chi connectivity index (χ0) is 13.8. The van der Waals surface area contributed by atoms with E-state index in [0.717, 1.165) is 25.3 Å². The fourth-order valence-electron chi connectivity index (χ4n) is 3.05. The Morgan fingerprint density at radius 1 is 1.37 bits per heavy atom. The lowest BCUT2D eigenvalue weighted by Crippen LogP contribution is -2.32. The third-order valence-electron chi connectivity index (χ3n) is 4.38. The molecule has 1 heterocycles. The van der Waals surface area contributed by atoms with Crippen LogP contribution in [0.3, 0.4) is 0 Å². The molecule has 0 bridgehead atoms. The van der Waals surface area contributed by atoms with Gasteiger partial charge in [0, 0.05) is 6.04 Å². The molecule has 0 saturated carbocycles. The van der Waals surface area contributed by atoms with Gasteiger partial charge in [0.15, 0.2) is 0 Å². The quantitative estimate of drug-likeness (QED) is 0.877. The summed E-state index contributed by atoms with van der Waals surface area (Å²) >= 11 is 0. The van der Waals surface area contributed by atoms with Gasteiger partial charge >= 0.3 is 0 Å². The van der Waals surface area contributed by atoms with Crippen LogP contribution >= 0.6 is 0 Å². The molecule has 1 aromatic carbocycles. The Morgan fingerprint density at radius 2 is 2.16 bits per heavy atom. The second kappa shape index (κ2) is 6.40. The van der Waals surface area contributed by atoms with Crippen LogP contribution in [0.4, 0.5) is 0 Å². The van der Waals surface area contributed by atoms with E-state index in [1.54, 1.807) is 7.11 Å². The van der Waals surface area contributed by atoms with Crippen molar-refractivity contribution >= 4 is 0 Å². The number of ether oxygens (including phenoxy) is 1. The standard InChI is InChI=1S/C16H26N2O/c1-11-12(2)16(19-3)7-6-14(11)15(17)9-13-5-4-8-18-10-13/h6-7,13,15,18H,4-5,8-10,17H2,1-3H3. The minimum Gasteiger partial charge on any atom is -0.496 e. The topological polar surface area (TPSA) is 47.3 Å². The van der Waals surface area contributed by atoms with E-state index in [9.17, 15) is 0 Å². The maximum atomic E-state index is 6.42. The summed E-state index contributed by atoms with van der Waals surface area (Å²) in [4.78, 5) is 0. The molecular weight excluding hydrogens is 236 g/mol. The van der Waals surface area contributed by atoms with Crippen LogP contribution in [0.2, 0.25) is 0 Å². The highest BCUT2D eigenvalue weighted by atomic mass is 16.5. The van der Waals surface area contributed by atoms with Crippen molar-refractivity contribution in [3.63, 3.8) is 0 Å². The zero-order valence-corrected chi connectivity index (χ0v) is 12.3. The van der Waals surface area contributed by atoms with Gasteiger partial charge in [0.2, 0.25) is 0 Å². The lowest BCUT2D eigenvalue weighted by molar-refractivity contribution is 0.336. The van der Waals surface area contributed by atoms with Gasteiger partial charge in [0.1, 0.15) is 5.75 Å². The molecule has 3 heteroatoms. The van der Waals surface area contributed by atoms with E-state index in [-0.39, 0.29) is 6.04 Å². The number of nitrogens with one attached hydrogen (secondary N) is 1. The molecule has 1 saturated heterocycles. The first-order valence-electron chi connectivity index (χ1n) is 7.24. The van der Waals surface area contributed by atoms with Crippen LogP contribution in [0.15, 0.2) is 12.1 Å². The fourth-order valence-corrected chi connectivity index (χ4v) is 3.05. The Bertz CT molecular complexity index is 425. The number of methoxy groups -OCH3 is 1. The normalized spacial score (nSPS) is 21.2. The Kier molecular flexibility index (Phi) is 4.83. The minimum absolute atomic E-state index is 0.134. The predicted molar refractivity (Wildman–Crippen MR) is 79.6 cm³/mol. The third-order valence-corrected chi connectivity index (χ3v) is 4.38. The van der Waals surface area contributed by atoms with Crippen LogP contribution in [0, 0.1) is 19.8 Å². The average Bonchev–Trinajstić information content (AvgIpc) is 2.42. The first-order valence-corrected chi connectivity index (χ1v) is 7.24. The Morgan fingerprint density at radius 3 is 2.79 bits per heavy atom. The van der Waals surface area contributed by atoms with Crippen molar-refractivity contribution < 1.29 is 4.74 Å². The summed E-state index contributed by atoms with van der Waals surface area (Å²) in [5.74, 6) is 1.67. The summed E-state index contributed by atoms with van der Waals surface area (Å²) in [6.07, 6.45) is 3.65. The second-order valence-corrected chi connectivity index (χ2v) is 5.66. The van der Waals surface area contributed by atoms with Gasteiger partial charge in [-0.15, -0.1) is 0 Å². The molecule has 2 rings (SSSR count). The molecule has 3 nitrogen and oxygen atoms in total. The van der Waals surface area contributed by atoms with Gasteiger partial charge in [-0.2, -0.15) is 0 Å². The van der Waals surface area contributed by atoms with Crippen LogP contribution in [0.1, 0.15) is 42.0 Å². The molecule has 106 valence electrons. The Balaban J connectivity index is 2.10. The zero-order valence-electron chi connectivity index (χ0n) is 12.3. The largest absolute Gasteiger partial charge is 0.496 e. The summed E-state index contributed by atoms with van der Waals surface area (Å²) in [6.45, 7) is 6.52. The Hall–Kier alpha value is -1.06. The summed E-state index contributed by atoms with van der Waals surface area (Å²) in [6, 6.07) is 4.30. The van der Waals surface area contributed by atoms with Gasteiger partial charge in [-0.1, -0.05) is 6.07 Å². The fraction of sp³-hybridized carbons (Fsp3) is 0.625. The number of hydrogen-bond donors (Lipinski definition) is 2. The maximum Gasteiger partial charge on any atom is 0.122 e. The highest BCUT2D eigenvalue weighted by Gasteiger charge is 2.19. The van der Waals surface area contributed by atoms with Crippen molar-refractivity contribution in [2.75, 3.05) is 20.2 Å². The number of benzene rings is 1. The van der Waals surface area contributed by atoms with Crippen LogP contribution in [0.25, 0.3) is 0 Å². The van der Waals surface area contributed by atoms with Gasteiger partial charge in [0.25, 0.3) is 0 Å². The van der Waals surface area contributed by atoms with E-state index in [1.165, 1.54) is 29.5 Å². The van der Waals surface area contributed by atoms with Crippen LogP contribution in [0.5, 0.6) is 5.75 Å². The molecule has 1 fully saturated rings. The van der Waals surface area contributed by atoms with Crippen molar-refractivity contribution in [2.45, 2.75) is 39.2 Å². The summed E-state index contributed by atoms with van der Waals surface area (Å²) < 4.78 is 5.36. The van der Waals surface area contributed by atoms with Gasteiger partial charge < -0.3 is 15.8 Å². The van der Waals surface area contributed by atoms with E-state index in [0.29, 0.717) is 5.92 Å². The van der Waals surface area contributed by atoms with Crippen molar-refractivity contribution in [2.24, 2.45) is 11.7 Å². The molecule has 19 heavy (non-hydrogen) atoms. The molecular formula is C16H26N2O. The lowest BCUT2D eigenvalue weighted by Gasteiger charge is -2.26. The molecule has 1 aliphatic heterocycles. The molecule has 3 N–H and O–H groups in total. The summed E-state index contributed by atoms with van der Waals surface area (Å²) in [5, 5.41) is 3.46. The molecule has 2 unspecified atom stereocenters. The third kappa shape index (κ3) is 3.28. The highest BCUT2D eigenvalue weighted by Crippen LogP contribution is 2.30. The Labute approximate surface area is 116 Å². The molecule has 1 aromatic rings. The maximum absolute atomic E-state index is 6.42. The minimum atomic E-state index is 0.134. The monoisotopic (exact) mass is 262 g/mol. The van der Waals surface area contributed by atoms with Crippen LogP contribution in [-0.4, -0.2) is 20.2 Å². The molecule has 0 amide bonds. The first-order chi connectivity index (χ1) is 9.13. The predicted octanol–water partition coefficient (Wildman–Crippen LogP) is 2.70. The van der Waals surface area contributed by atoms with Gasteiger partial charge in [-0.3, -0.25) is 0 Å². The smallest absolute Gasteiger partial charge is 0.122 e. The van der Waals surface area contributed by atoms with Gasteiger partial charge in [-0.05, 0) is 74.9 Å². The van der Waals surface area contributed by atoms with Gasteiger partial charge in [0.05, 0.1) is 7.11 Å². The van der Waals surface area contributed by atoms with Crippen LogP contribution < -0.4 is 15.8 Å². The van der Waals surface area contributed by atoms with E-state index < -0.39 is 0 Å². The highest BCUT2D eigenvalue weighted by molar-refractivity contribution is 5.44.